The van der Waals surface area contributed by atoms with Gasteiger partial charge in [-0.15, -0.1) is 0 Å². The minimum atomic E-state index is -0.480. The van der Waals surface area contributed by atoms with Crippen LogP contribution in [0.5, 0.6) is 0 Å². The van der Waals surface area contributed by atoms with Gasteiger partial charge in [-0.3, -0.25) is 14.0 Å². The number of amides is 1. The number of benzene rings is 1. The average molecular weight is 501 g/mol. The summed E-state index contributed by atoms with van der Waals surface area (Å²) in [6.07, 6.45) is 9.41. The molecule has 1 amide bonds. The van der Waals surface area contributed by atoms with Gasteiger partial charge in [0, 0.05) is 37.0 Å². The van der Waals surface area contributed by atoms with Crippen molar-refractivity contribution in [3.8, 4) is 22.8 Å². The van der Waals surface area contributed by atoms with Crippen LogP contribution in [0.3, 0.4) is 0 Å². The molecule has 4 heterocycles. The number of carbonyl (C=O) groups excluding carboxylic acids is 1. The Morgan fingerprint density at radius 1 is 1.14 bits per heavy atom. The number of aromatic nitrogens is 5. The molecule has 1 aliphatic carbocycles. The van der Waals surface area contributed by atoms with Crippen LogP contribution in [0.1, 0.15) is 48.5 Å². The summed E-state index contributed by atoms with van der Waals surface area (Å²) in [5, 5.41) is 4.44. The zero-order valence-corrected chi connectivity index (χ0v) is 20.7. The van der Waals surface area contributed by atoms with Crippen LogP contribution in [0.4, 0.5) is 4.39 Å². The number of carbonyl (C=O) groups is 1. The molecule has 1 N–H and O–H groups in total. The van der Waals surface area contributed by atoms with Crippen molar-refractivity contribution in [3.05, 3.63) is 70.3 Å². The monoisotopic (exact) mass is 500 g/mol. The van der Waals surface area contributed by atoms with E-state index in [9.17, 15) is 14.0 Å². The number of H-pyrrole nitrogens is 1. The van der Waals surface area contributed by atoms with E-state index >= 15 is 0 Å². The van der Waals surface area contributed by atoms with Crippen molar-refractivity contribution in [1.82, 2.24) is 29.5 Å². The molecular formula is C28H29FN6O2. The second-order valence-corrected chi connectivity index (χ2v) is 10.2. The molecule has 0 spiro atoms. The largest absolute Gasteiger partial charge is 0.339 e. The van der Waals surface area contributed by atoms with E-state index in [4.69, 9.17) is 0 Å². The van der Waals surface area contributed by atoms with E-state index in [0.29, 0.717) is 12.2 Å². The Morgan fingerprint density at radius 2 is 1.86 bits per heavy atom. The van der Waals surface area contributed by atoms with Crippen molar-refractivity contribution >= 4 is 11.6 Å². The van der Waals surface area contributed by atoms with E-state index in [1.54, 1.807) is 23.4 Å². The summed E-state index contributed by atoms with van der Waals surface area (Å²) in [6, 6.07) is 11.1. The lowest BCUT2D eigenvalue weighted by atomic mass is 9.90. The lowest BCUT2D eigenvalue weighted by molar-refractivity contribution is 0.0142. The summed E-state index contributed by atoms with van der Waals surface area (Å²) < 4.78 is 14.5. The number of hydrogen-bond acceptors (Lipinski definition) is 5. The maximum Gasteiger partial charge on any atom is 0.274 e. The van der Waals surface area contributed by atoms with Crippen LogP contribution in [0, 0.1) is 11.8 Å². The molecule has 2 atom stereocenters. The molecule has 0 radical (unpaired) electrons. The molecule has 3 aromatic heterocycles. The minimum Gasteiger partial charge on any atom is -0.339 e. The third-order valence-corrected chi connectivity index (χ3v) is 7.93. The molecular weight excluding hydrogens is 471 g/mol. The molecule has 2 fully saturated rings. The van der Waals surface area contributed by atoms with Gasteiger partial charge in [0.25, 0.3) is 11.5 Å². The van der Waals surface area contributed by atoms with Gasteiger partial charge in [0.2, 0.25) is 0 Å². The summed E-state index contributed by atoms with van der Waals surface area (Å²) >= 11 is 0. The molecule has 8 nitrogen and oxygen atoms in total. The Labute approximate surface area is 213 Å². The van der Waals surface area contributed by atoms with Gasteiger partial charge < -0.3 is 9.88 Å². The van der Waals surface area contributed by atoms with E-state index in [2.05, 4.69) is 32.2 Å². The van der Waals surface area contributed by atoms with Crippen LogP contribution in [-0.2, 0) is 6.42 Å². The molecule has 9 heteroatoms. The maximum atomic E-state index is 13.7. The predicted molar refractivity (Wildman–Crippen MR) is 138 cm³/mol. The molecule has 37 heavy (non-hydrogen) atoms. The van der Waals surface area contributed by atoms with E-state index < -0.39 is 6.67 Å². The number of alkyl halides is 1. The first-order valence-electron chi connectivity index (χ1n) is 12.9. The van der Waals surface area contributed by atoms with E-state index in [1.807, 2.05) is 19.1 Å². The Kier molecular flexibility index (Phi) is 6.06. The molecule has 1 aliphatic heterocycles. The SMILES string of the molecule is CC1C(CF)CN1C(=O)c1c(-c2ncccn2)nn2c(=O)cc(-c3ccc(CC4CCCC4)cc3)[nH]c12. The van der Waals surface area contributed by atoms with Crippen molar-refractivity contribution in [1.29, 1.82) is 0 Å². The first-order chi connectivity index (χ1) is 18.0. The maximum absolute atomic E-state index is 13.7. The lowest BCUT2D eigenvalue weighted by Crippen LogP contribution is -2.58. The second kappa shape index (κ2) is 9.53. The molecule has 2 aliphatic rings. The summed E-state index contributed by atoms with van der Waals surface area (Å²) in [5.74, 6) is 0.478. The third-order valence-electron chi connectivity index (χ3n) is 7.93. The van der Waals surface area contributed by atoms with Gasteiger partial charge in [-0.05, 0) is 36.5 Å². The number of rotatable bonds is 6. The lowest BCUT2D eigenvalue weighted by Gasteiger charge is -2.45. The highest BCUT2D eigenvalue weighted by molar-refractivity contribution is 6.05. The van der Waals surface area contributed by atoms with Crippen LogP contribution >= 0.6 is 0 Å². The van der Waals surface area contributed by atoms with E-state index in [-0.39, 0.29) is 46.2 Å². The van der Waals surface area contributed by atoms with Crippen molar-refractivity contribution in [2.75, 3.05) is 13.2 Å². The first kappa shape index (κ1) is 23.5. The Morgan fingerprint density at radius 3 is 2.54 bits per heavy atom. The van der Waals surface area contributed by atoms with Crippen LogP contribution < -0.4 is 5.56 Å². The number of hydrogen-bond donors (Lipinski definition) is 1. The third kappa shape index (κ3) is 4.22. The van der Waals surface area contributed by atoms with Gasteiger partial charge in [0.05, 0.1) is 12.4 Å². The Balaban J connectivity index is 1.42. The summed E-state index contributed by atoms with van der Waals surface area (Å²) in [5.41, 5.74) is 3.08. The topological polar surface area (TPSA) is 96.2 Å². The molecule has 190 valence electrons. The highest BCUT2D eigenvalue weighted by Gasteiger charge is 2.41. The zero-order valence-electron chi connectivity index (χ0n) is 20.7. The Bertz CT molecular complexity index is 1490. The second-order valence-electron chi connectivity index (χ2n) is 10.2. The van der Waals surface area contributed by atoms with E-state index in [1.165, 1.54) is 41.8 Å². The van der Waals surface area contributed by atoms with Crippen molar-refractivity contribution in [3.63, 3.8) is 0 Å². The number of nitrogens with zero attached hydrogens (tertiary/aromatic N) is 5. The van der Waals surface area contributed by atoms with Gasteiger partial charge in [-0.2, -0.15) is 9.61 Å². The summed E-state index contributed by atoms with van der Waals surface area (Å²) in [7, 11) is 0. The molecule has 0 bridgehead atoms. The average Bonchev–Trinajstić information content (AvgIpc) is 3.57. The highest BCUT2D eigenvalue weighted by atomic mass is 19.1. The number of fused-ring (bicyclic) bond motifs is 1. The molecule has 1 saturated heterocycles. The van der Waals surface area contributed by atoms with Crippen LogP contribution in [0.2, 0.25) is 0 Å². The van der Waals surface area contributed by atoms with Crippen LogP contribution in [0.15, 0.2) is 53.6 Å². The number of nitrogens with one attached hydrogen (secondary N) is 1. The van der Waals surface area contributed by atoms with Crippen molar-refractivity contribution in [2.45, 2.75) is 45.1 Å². The fraction of sp³-hybridized carbons (Fsp3) is 0.393. The van der Waals surface area contributed by atoms with Gasteiger partial charge >= 0.3 is 0 Å². The van der Waals surface area contributed by atoms with Gasteiger partial charge in [0.15, 0.2) is 11.5 Å². The smallest absolute Gasteiger partial charge is 0.274 e. The molecule has 2 unspecified atom stereocenters. The number of aromatic amines is 1. The van der Waals surface area contributed by atoms with Crippen molar-refractivity contribution in [2.24, 2.45) is 11.8 Å². The first-order valence-corrected chi connectivity index (χ1v) is 12.9. The highest BCUT2D eigenvalue weighted by Crippen LogP contribution is 2.32. The minimum absolute atomic E-state index is 0.195. The summed E-state index contributed by atoms with van der Waals surface area (Å²) in [6.45, 7) is 1.67. The van der Waals surface area contributed by atoms with Crippen LogP contribution in [0.25, 0.3) is 28.4 Å². The quantitative estimate of drug-likeness (QED) is 0.426. The van der Waals surface area contributed by atoms with Crippen LogP contribution in [-0.4, -0.2) is 54.6 Å². The molecule has 6 rings (SSSR count). The standard InChI is InChI=1S/C28H29FN6O2/c1-17-21(15-29)16-34(17)28(37)24-25(26-30-11-4-12-31-26)33-35-23(36)14-22(32-27(24)35)20-9-7-19(8-10-20)13-18-5-2-3-6-18/h4,7-12,14,17-18,21,32H,2-3,5-6,13,15-16H2,1H3. The number of halogens is 1. The van der Waals surface area contributed by atoms with Crippen molar-refractivity contribution < 1.29 is 9.18 Å². The zero-order chi connectivity index (χ0) is 25.5. The summed E-state index contributed by atoms with van der Waals surface area (Å²) in [4.78, 5) is 40.3. The number of likely N-dealkylation sites (tertiary alicyclic amines) is 1. The van der Waals surface area contributed by atoms with E-state index in [0.717, 1.165) is 17.9 Å². The predicted octanol–water partition coefficient (Wildman–Crippen LogP) is 4.31. The van der Waals surface area contributed by atoms with Gasteiger partial charge in [0.1, 0.15) is 11.3 Å². The molecule has 1 saturated carbocycles. The fourth-order valence-electron chi connectivity index (χ4n) is 5.62. The fourth-order valence-corrected chi connectivity index (χ4v) is 5.62. The Hall–Kier alpha value is -3.88. The molecule has 1 aromatic carbocycles. The molecule has 4 aromatic rings. The normalized spacial score (nSPS) is 19.9. The van der Waals surface area contributed by atoms with Gasteiger partial charge in [-0.25, -0.2) is 9.97 Å². The van der Waals surface area contributed by atoms with Gasteiger partial charge in [-0.1, -0.05) is 49.9 Å².